The van der Waals surface area contributed by atoms with Crippen LogP contribution in [0.1, 0.15) is 1.43 Å². The Morgan fingerprint density at radius 3 is 1.40 bits per heavy atom. The van der Waals surface area contributed by atoms with Crippen molar-refractivity contribution in [2.75, 3.05) is 13.1 Å². The summed E-state index contributed by atoms with van der Waals surface area (Å²) in [5.41, 5.74) is 9.81. The molecule has 0 aromatic heterocycles. The third-order valence-corrected chi connectivity index (χ3v) is 0.167. The quantitative estimate of drug-likeness (QED) is 0.447. The maximum Gasteiger partial charge on any atom is 1.00 e. The van der Waals surface area contributed by atoms with Crippen LogP contribution in [0, 0.1) is 0 Å². The van der Waals surface area contributed by atoms with E-state index in [1.807, 2.05) is 0 Å². The fraction of sp³-hybridized carbons (Fsp3) is 1.00. The van der Waals surface area contributed by atoms with Crippen LogP contribution in [0.25, 0.3) is 0 Å². The summed E-state index contributed by atoms with van der Waals surface area (Å²) >= 11 is 0. The molecule has 0 aliphatic heterocycles. The molecule has 4 N–H and O–H groups in total. The van der Waals surface area contributed by atoms with Crippen molar-refractivity contribution in [2.45, 2.75) is 0 Å². The Kier molecular flexibility index (Phi) is 18.8. The van der Waals surface area contributed by atoms with Crippen LogP contribution in [0.15, 0.2) is 0 Å². The van der Waals surface area contributed by atoms with Gasteiger partial charge in [0.05, 0.1) is 0 Å². The van der Waals surface area contributed by atoms with Gasteiger partial charge in [-0.3, -0.25) is 0 Å². The Morgan fingerprint density at radius 1 is 1.20 bits per heavy atom. The van der Waals surface area contributed by atoms with E-state index in [9.17, 15) is 0 Å². The van der Waals surface area contributed by atoms with Gasteiger partial charge in [-0.25, -0.2) is 0 Å². The summed E-state index contributed by atoms with van der Waals surface area (Å²) < 4.78 is 0. The molecule has 0 bridgehead atoms. The fourth-order valence-electron chi connectivity index (χ4n) is 0. The van der Waals surface area contributed by atoms with Gasteiger partial charge in [0, 0.05) is 13.1 Å². The first-order valence-corrected chi connectivity index (χ1v) is 1.32. The van der Waals surface area contributed by atoms with Crippen LogP contribution in [-0.4, -0.2) is 13.1 Å². The standard InChI is InChI=1S/C2H8N2.Cs.H/c3-1-2-4;;/h1-4H2;;/q;+1;-1. The molecule has 0 atom stereocenters. The molecule has 28 valence electrons. The van der Waals surface area contributed by atoms with Crippen LogP contribution in [0.2, 0.25) is 0 Å². The predicted octanol–water partition coefficient (Wildman–Crippen LogP) is -3.98. The van der Waals surface area contributed by atoms with Gasteiger partial charge in [-0.15, -0.1) is 0 Å². The Hall–Kier alpha value is 1.97. The van der Waals surface area contributed by atoms with Gasteiger partial charge in [0.1, 0.15) is 0 Å². The van der Waals surface area contributed by atoms with Crippen LogP contribution in [-0.2, 0) is 0 Å². The topological polar surface area (TPSA) is 52.0 Å². The maximum atomic E-state index is 4.90. The third-order valence-electron chi connectivity index (χ3n) is 0.167. The molecule has 0 aromatic rings. The van der Waals surface area contributed by atoms with E-state index in [1.54, 1.807) is 0 Å². The molecule has 0 aliphatic rings. The second kappa shape index (κ2) is 9.36. The average molecular weight is 194 g/mol. The van der Waals surface area contributed by atoms with Crippen LogP contribution >= 0.6 is 0 Å². The summed E-state index contributed by atoms with van der Waals surface area (Å²) in [6.45, 7) is 1.19. The monoisotopic (exact) mass is 194 g/mol. The van der Waals surface area contributed by atoms with Gasteiger partial charge in [-0.05, 0) is 0 Å². The summed E-state index contributed by atoms with van der Waals surface area (Å²) in [5.74, 6) is 0. The van der Waals surface area contributed by atoms with Gasteiger partial charge in [-0.1, -0.05) is 0 Å². The Bertz CT molecular complexity index is 13.5. The second-order valence-corrected chi connectivity index (χ2v) is 0.577. The Labute approximate surface area is 92.6 Å². The second-order valence-electron chi connectivity index (χ2n) is 0.577. The molecule has 0 heterocycles. The molecule has 0 rings (SSSR count). The van der Waals surface area contributed by atoms with Crippen molar-refractivity contribution < 1.29 is 70.3 Å². The summed E-state index contributed by atoms with van der Waals surface area (Å²) in [6, 6.07) is 0. The maximum absolute atomic E-state index is 4.90. The van der Waals surface area contributed by atoms with Crippen LogP contribution < -0.4 is 80.4 Å². The van der Waals surface area contributed by atoms with Crippen molar-refractivity contribution in [3.05, 3.63) is 0 Å². The predicted molar refractivity (Wildman–Crippen MR) is 19.2 cm³/mol. The van der Waals surface area contributed by atoms with E-state index in [0.29, 0.717) is 13.1 Å². The average Bonchev–Trinajstić information content (AvgIpc) is 1.37. The zero-order chi connectivity index (χ0) is 3.41. The van der Waals surface area contributed by atoms with Gasteiger partial charge < -0.3 is 12.9 Å². The molecule has 0 amide bonds. The molecule has 0 aliphatic carbocycles. The van der Waals surface area contributed by atoms with Crippen molar-refractivity contribution in [2.24, 2.45) is 11.5 Å². The van der Waals surface area contributed by atoms with E-state index in [4.69, 9.17) is 11.5 Å². The van der Waals surface area contributed by atoms with E-state index < -0.39 is 0 Å². The number of hydrogen-bond acceptors (Lipinski definition) is 2. The van der Waals surface area contributed by atoms with Crippen molar-refractivity contribution >= 4 is 0 Å². The van der Waals surface area contributed by atoms with Crippen LogP contribution in [0.3, 0.4) is 0 Å². The fourth-order valence-corrected chi connectivity index (χ4v) is 0. The number of hydrogen-bond donors (Lipinski definition) is 2. The summed E-state index contributed by atoms with van der Waals surface area (Å²) in [4.78, 5) is 0. The smallest absolute Gasteiger partial charge is 1.00 e. The minimum atomic E-state index is 0. The first-order chi connectivity index (χ1) is 1.91. The van der Waals surface area contributed by atoms with Gasteiger partial charge in [0.2, 0.25) is 0 Å². The molecule has 0 unspecified atom stereocenters. The molecule has 0 saturated heterocycles. The first-order valence-electron chi connectivity index (χ1n) is 1.32. The largest absolute Gasteiger partial charge is 1.00 e. The first kappa shape index (κ1) is 10.1. The molecular formula is C2H9CsN2. The molecule has 0 fully saturated rings. The van der Waals surface area contributed by atoms with E-state index in [1.165, 1.54) is 0 Å². The minimum absolute atomic E-state index is 0. The summed E-state index contributed by atoms with van der Waals surface area (Å²) in [6.07, 6.45) is 0. The van der Waals surface area contributed by atoms with Crippen LogP contribution in [0.4, 0.5) is 0 Å². The van der Waals surface area contributed by atoms with E-state index >= 15 is 0 Å². The van der Waals surface area contributed by atoms with Gasteiger partial charge >= 0.3 is 68.9 Å². The molecule has 5 heavy (non-hydrogen) atoms. The summed E-state index contributed by atoms with van der Waals surface area (Å²) in [7, 11) is 0. The van der Waals surface area contributed by atoms with Crippen molar-refractivity contribution in [3.63, 3.8) is 0 Å². The molecule has 0 radical (unpaired) electrons. The normalized spacial score (nSPS) is 6.00. The van der Waals surface area contributed by atoms with E-state index in [0.717, 1.165) is 0 Å². The Morgan fingerprint density at radius 2 is 1.40 bits per heavy atom. The van der Waals surface area contributed by atoms with Crippen molar-refractivity contribution in [1.29, 1.82) is 0 Å². The molecule has 0 saturated carbocycles. The molecule has 0 spiro atoms. The van der Waals surface area contributed by atoms with Gasteiger partial charge in [-0.2, -0.15) is 0 Å². The molecule has 0 aromatic carbocycles. The third kappa shape index (κ3) is 10.7. The zero-order valence-corrected chi connectivity index (χ0v) is 9.85. The van der Waals surface area contributed by atoms with Gasteiger partial charge in [0.15, 0.2) is 0 Å². The van der Waals surface area contributed by atoms with Gasteiger partial charge in [0.25, 0.3) is 0 Å². The Balaban J connectivity index is -0.0000000450. The zero-order valence-electron chi connectivity index (χ0n) is 4.57. The minimum Gasteiger partial charge on any atom is -1.00 e. The number of nitrogens with two attached hydrogens (primary N) is 2. The van der Waals surface area contributed by atoms with E-state index in [-0.39, 0.29) is 70.3 Å². The molecular weight excluding hydrogens is 185 g/mol. The SMILES string of the molecule is NCCN.[Cs+].[H-]. The van der Waals surface area contributed by atoms with Crippen molar-refractivity contribution in [1.82, 2.24) is 0 Å². The summed E-state index contributed by atoms with van der Waals surface area (Å²) in [5, 5.41) is 0. The number of rotatable bonds is 1. The molecule has 2 nitrogen and oxygen atoms in total. The van der Waals surface area contributed by atoms with E-state index in [2.05, 4.69) is 0 Å². The van der Waals surface area contributed by atoms with Crippen LogP contribution in [0.5, 0.6) is 0 Å². The molecule has 3 heteroatoms. The van der Waals surface area contributed by atoms with Crippen molar-refractivity contribution in [3.8, 4) is 0 Å².